The lowest BCUT2D eigenvalue weighted by Gasteiger charge is -2.18. The SMILES string of the molecule is C#CCn1c(=NC(=O)c2ccc3c(c2)OCCO3)sc2cc(C)cc(C)c21. The second-order valence-electron chi connectivity index (χ2n) is 6.38. The molecule has 2 heterocycles. The number of hydrogen-bond acceptors (Lipinski definition) is 4. The van der Waals surface area contributed by atoms with Gasteiger partial charge in [-0.2, -0.15) is 4.99 Å². The van der Waals surface area contributed by atoms with Gasteiger partial charge in [0.1, 0.15) is 13.2 Å². The van der Waals surface area contributed by atoms with Crippen molar-refractivity contribution in [2.75, 3.05) is 13.2 Å². The van der Waals surface area contributed by atoms with Crippen LogP contribution in [0.25, 0.3) is 10.2 Å². The number of ether oxygens (including phenoxy) is 2. The molecule has 4 rings (SSSR count). The van der Waals surface area contributed by atoms with E-state index in [1.54, 1.807) is 18.2 Å². The van der Waals surface area contributed by atoms with Crippen molar-refractivity contribution in [2.45, 2.75) is 20.4 Å². The first-order valence-corrected chi connectivity index (χ1v) is 9.41. The van der Waals surface area contributed by atoms with Crippen LogP contribution >= 0.6 is 11.3 Å². The van der Waals surface area contributed by atoms with Crippen LogP contribution in [-0.2, 0) is 6.54 Å². The summed E-state index contributed by atoms with van der Waals surface area (Å²) in [6.07, 6.45) is 5.55. The quantitative estimate of drug-likeness (QED) is 0.642. The summed E-state index contributed by atoms with van der Waals surface area (Å²) in [5.74, 6) is 3.54. The predicted octanol–water partition coefficient (Wildman–Crippen LogP) is 3.47. The number of thiazole rings is 1. The van der Waals surface area contributed by atoms with Gasteiger partial charge in [0.15, 0.2) is 16.3 Å². The van der Waals surface area contributed by atoms with Crippen LogP contribution in [0.2, 0.25) is 0 Å². The van der Waals surface area contributed by atoms with E-state index in [1.807, 2.05) is 11.5 Å². The van der Waals surface area contributed by atoms with Gasteiger partial charge in [0, 0.05) is 5.56 Å². The minimum Gasteiger partial charge on any atom is -0.486 e. The van der Waals surface area contributed by atoms with Crippen LogP contribution in [-0.4, -0.2) is 23.7 Å². The first kappa shape index (κ1) is 17.4. The zero-order chi connectivity index (χ0) is 19.0. The van der Waals surface area contributed by atoms with E-state index in [1.165, 1.54) is 16.9 Å². The van der Waals surface area contributed by atoms with Crippen molar-refractivity contribution >= 4 is 27.5 Å². The molecule has 1 aliphatic rings. The molecule has 1 amide bonds. The molecule has 136 valence electrons. The lowest BCUT2D eigenvalue weighted by Crippen LogP contribution is -2.18. The Labute approximate surface area is 160 Å². The smallest absolute Gasteiger partial charge is 0.279 e. The highest BCUT2D eigenvalue weighted by atomic mass is 32.1. The molecule has 0 aliphatic carbocycles. The number of terminal acetylenes is 1. The Balaban J connectivity index is 1.82. The third-order valence-electron chi connectivity index (χ3n) is 4.35. The van der Waals surface area contributed by atoms with Crippen molar-refractivity contribution < 1.29 is 14.3 Å². The van der Waals surface area contributed by atoms with Crippen LogP contribution in [0.5, 0.6) is 11.5 Å². The molecule has 27 heavy (non-hydrogen) atoms. The van der Waals surface area contributed by atoms with Crippen LogP contribution in [0.3, 0.4) is 0 Å². The summed E-state index contributed by atoms with van der Waals surface area (Å²) in [4.78, 5) is 17.7. The zero-order valence-electron chi connectivity index (χ0n) is 15.1. The molecule has 0 atom stereocenters. The molecule has 0 spiro atoms. The van der Waals surface area contributed by atoms with Gasteiger partial charge in [0.05, 0.1) is 16.8 Å². The van der Waals surface area contributed by atoms with Gasteiger partial charge in [-0.1, -0.05) is 23.3 Å². The standard InChI is InChI=1S/C21H18N2O3S/c1-4-7-23-19-14(3)10-13(2)11-18(19)27-21(23)22-20(24)15-5-6-16-17(12-15)26-9-8-25-16/h1,5-6,10-12H,7-9H2,2-3H3. The number of aryl methyl sites for hydroxylation is 2. The van der Waals surface area contributed by atoms with Crippen molar-refractivity contribution in [3.05, 3.63) is 51.8 Å². The number of carbonyl (C=O) groups is 1. The normalized spacial score (nSPS) is 13.6. The second-order valence-corrected chi connectivity index (χ2v) is 7.39. The number of rotatable bonds is 2. The Hall–Kier alpha value is -3.04. The summed E-state index contributed by atoms with van der Waals surface area (Å²) in [6, 6.07) is 9.31. The Morgan fingerprint density at radius 3 is 2.78 bits per heavy atom. The van der Waals surface area contributed by atoms with Crippen molar-refractivity contribution in [1.29, 1.82) is 0 Å². The number of hydrogen-bond donors (Lipinski definition) is 0. The van der Waals surface area contributed by atoms with Gasteiger partial charge in [-0.25, -0.2) is 0 Å². The topological polar surface area (TPSA) is 52.8 Å². The molecule has 3 aromatic rings. The number of benzene rings is 2. The van der Waals surface area contributed by atoms with Crippen LogP contribution in [0.1, 0.15) is 21.5 Å². The van der Waals surface area contributed by atoms with Crippen molar-refractivity contribution in [1.82, 2.24) is 4.57 Å². The molecule has 2 aromatic carbocycles. The largest absolute Gasteiger partial charge is 0.486 e. The molecule has 0 bridgehead atoms. The van der Waals surface area contributed by atoms with E-state index in [9.17, 15) is 4.79 Å². The molecule has 1 aliphatic heterocycles. The van der Waals surface area contributed by atoms with Crippen molar-refractivity contribution in [3.8, 4) is 23.8 Å². The van der Waals surface area contributed by atoms with Gasteiger partial charge in [-0.3, -0.25) is 4.79 Å². The number of amides is 1. The summed E-state index contributed by atoms with van der Waals surface area (Å²) in [5, 5.41) is 0. The number of aromatic nitrogens is 1. The highest BCUT2D eigenvalue weighted by Gasteiger charge is 2.16. The van der Waals surface area contributed by atoms with Gasteiger partial charge < -0.3 is 14.0 Å². The third-order valence-corrected chi connectivity index (χ3v) is 5.37. The average molecular weight is 378 g/mol. The van der Waals surface area contributed by atoms with E-state index >= 15 is 0 Å². The van der Waals surface area contributed by atoms with Crippen LogP contribution < -0.4 is 14.3 Å². The van der Waals surface area contributed by atoms with Crippen molar-refractivity contribution in [2.24, 2.45) is 4.99 Å². The molecule has 0 unspecified atom stereocenters. The Morgan fingerprint density at radius 1 is 1.22 bits per heavy atom. The molecule has 0 N–H and O–H groups in total. The molecular weight excluding hydrogens is 360 g/mol. The summed E-state index contributed by atoms with van der Waals surface area (Å²) < 4.78 is 14.0. The summed E-state index contributed by atoms with van der Waals surface area (Å²) in [7, 11) is 0. The molecule has 0 saturated heterocycles. The van der Waals surface area contributed by atoms with E-state index in [-0.39, 0.29) is 5.91 Å². The van der Waals surface area contributed by atoms with E-state index in [2.05, 4.69) is 30.0 Å². The molecular formula is C21H18N2O3S. The number of carbonyl (C=O) groups excluding carboxylic acids is 1. The highest BCUT2D eigenvalue weighted by molar-refractivity contribution is 7.16. The lowest BCUT2D eigenvalue weighted by molar-refractivity contribution is 0.0996. The fraction of sp³-hybridized carbons (Fsp3) is 0.238. The molecule has 6 heteroatoms. The fourth-order valence-electron chi connectivity index (χ4n) is 3.24. The predicted molar refractivity (Wildman–Crippen MR) is 105 cm³/mol. The van der Waals surface area contributed by atoms with Gasteiger partial charge in [-0.15, -0.1) is 6.42 Å². The second kappa shape index (κ2) is 6.93. The first-order chi connectivity index (χ1) is 13.1. The third kappa shape index (κ3) is 3.22. The maximum absolute atomic E-state index is 12.8. The highest BCUT2D eigenvalue weighted by Crippen LogP contribution is 2.31. The summed E-state index contributed by atoms with van der Waals surface area (Å²) in [6.45, 7) is 5.43. The molecule has 0 fully saturated rings. The molecule has 5 nitrogen and oxygen atoms in total. The van der Waals surface area contributed by atoms with Gasteiger partial charge >= 0.3 is 0 Å². The zero-order valence-corrected chi connectivity index (χ0v) is 15.9. The first-order valence-electron chi connectivity index (χ1n) is 8.59. The van der Waals surface area contributed by atoms with Crippen LogP contribution in [0.4, 0.5) is 0 Å². The van der Waals surface area contributed by atoms with Crippen LogP contribution in [0, 0.1) is 26.2 Å². The molecule has 0 saturated carbocycles. The summed E-state index contributed by atoms with van der Waals surface area (Å²) in [5.41, 5.74) is 3.76. The van der Waals surface area contributed by atoms with E-state index in [0.717, 1.165) is 15.8 Å². The van der Waals surface area contributed by atoms with Gasteiger partial charge in [0.25, 0.3) is 5.91 Å². The minimum absolute atomic E-state index is 0.335. The Bertz CT molecular complexity index is 1160. The monoisotopic (exact) mass is 378 g/mol. The van der Waals surface area contributed by atoms with E-state index in [0.29, 0.717) is 41.6 Å². The number of fused-ring (bicyclic) bond motifs is 2. The number of nitrogens with zero attached hydrogens (tertiary/aromatic N) is 2. The summed E-state index contributed by atoms with van der Waals surface area (Å²) >= 11 is 1.47. The fourth-order valence-corrected chi connectivity index (χ4v) is 4.45. The Morgan fingerprint density at radius 2 is 2.00 bits per heavy atom. The van der Waals surface area contributed by atoms with Gasteiger partial charge in [0.2, 0.25) is 0 Å². The maximum atomic E-state index is 12.8. The maximum Gasteiger partial charge on any atom is 0.279 e. The lowest BCUT2D eigenvalue weighted by atomic mass is 10.1. The Kier molecular flexibility index (Phi) is 4.46. The minimum atomic E-state index is -0.335. The van der Waals surface area contributed by atoms with Crippen molar-refractivity contribution in [3.63, 3.8) is 0 Å². The van der Waals surface area contributed by atoms with Crippen LogP contribution in [0.15, 0.2) is 35.3 Å². The molecule has 1 aromatic heterocycles. The average Bonchev–Trinajstić information content (AvgIpc) is 2.98. The van der Waals surface area contributed by atoms with E-state index < -0.39 is 0 Å². The van der Waals surface area contributed by atoms with E-state index in [4.69, 9.17) is 15.9 Å². The molecule has 0 radical (unpaired) electrons. The van der Waals surface area contributed by atoms with Gasteiger partial charge in [-0.05, 0) is 49.2 Å².